The molecule has 2 aromatic heterocycles. The van der Waals surface area contributed by atoms with Gasteiger partial charge in [0.15, 0.2) is 0 Å². The van der Waals surface area contributed by atoms with Crippen molar-refractivity contribution in [3.63, 3.8) is 0 Å². The lowest BCUT2D eigenvalue weighted by Crippen LogP contribution is -2.18. The molecule has 0 aliphatic heterocycles. The van der Waals surface area contributed by atoms with Gasteiger partial charge < -0.3 is 14.2 Å². The number of furan rings is 1. The minimum absolute atomic E-state index is 0.0931. The molecule has 1 saturated carbocycles. The van der Waals surface area contributed by atoms with E-state index in [1.807, 2.05) is 12.3 Å². The zero-order valence-corrected chi connectivity index (χ0v) is 33.6. The van der Waals surface area contributed by atoms with Gasteiger partial charge in [-0.1, -0.05) is 134 Å². The molecule has 2 atom stereocenters. The van der Waals surface area contributed by atoms with Crippen molar-refractivity contribution in [2.24, 2.45) is 5.92 Å². The monoisotopic (exact) mass is 706 g/mol. The summed E-state index contributed by atoms with van der Waals surface area (Å²) in [4.78, 5) is 9.53. The highest BCUT2D eigenvalue weighted by molar-refractivity contribution is 5.86. The molecule has 0 amide bonds. The number of benzene rings is 4. The average Bonchev–Trinajstić information content (AvgIpc) is 3.52. The lowest BCUT2D eigenvalue weighted by atomic mass is 9.88. The maximum atomic E-state index is 6.71. The maximum Gasteiger partial charge on any atom is 0.144 e. The highest BCUT2D eigenvalue weighted by Crippen LogP contribution is 2.56. The van der Waals surface area contributed by atoms with Gasteiger partial charge in [0.05, 0.1) is 17.1 Å². The Morgan fingerprint density at radius 2 is 1.36 bits per heavy atom. The Morgan fingerprint density at radius 3 is 1.87 bits per heavy atom. The smallest absolute Gasteiger partial charge is 0.144 e. The number of unbranched alkanes of at least 4 members (excludes halogenated alkanes) is 2. The van der Waals surface area contributed by atoms with Crippen molar-refractivity contribution < 1.29 is 4.42 Å². The van der Waals surface area contributed by atoms with Crippen LogP contribution in [0.15, 0.2) is 114 Å². The summed E-state index contributed by atoms with van der Waals surface area (Å²) < 4.78 is 9.00. The lowest BCUT2D eigenvalue weighted by Gasteiger charge is -2.27. The molecule has 53 heavy (non-hydrogen) atoms. The van der Waals surface area contributed by atoms with Gasteiger partial charge in [-0.15, -0.1) is 0 Å². The molecule has 0 N–H and O–H groups in total. The average molecular weight is 707 g/mol. The van der Waals surface area contributed by atoms with Crippen molar-refractivity contribution in [3.8, 4) is 50.8 Å². The molecule has 4 aromatic carbocycles. The van der Waals surface area contributed by atoms with Gasteiger partial charge in [0, 0.05) is 62.8 Å². The predicted octanol–water partition coefficient (Wildman–Crippen LogP) is 12.9. The van der Waals surface area contributed by atoms with Crippen molar-refractivity contribution in [1.82, 2.24) is 9.55 Å². The summed E-state index contributed by atoms with van der Waals surface area (Å²) in [5.74, 6) is 3.67. The van der Waals surface area contributed by atoms with E-state index in [0.29, 0.717) is 11.8 Å². The van der Waals surface area contributed by atoms with E-state index in [-0.39, 0.29) is 5.41 Å². The Balaban J connectivity index is 0.000000902. The highest BCUT2D eigenvalue weighted by atomic mass is 16.3. The summed E-state index contributed by atoms with van der Waals surface area (Å²) in [5.41, 5.74) is 11.7. The Bertz CT molecular complexity index is 2090. The molecule has 0 spiro atoms. The van der Waals surface area contributed by atoms with E-state index in [2.05, 4.69) is 181 Å². The van der Waals surface area contributed by atoms with E-state index in [9.17, 15) is 0 Å². The number of hydrogen-bond donors (Lipinski definition) is 0. The fourth-order valence-electron chi connectivity index (χ4n) is 7.49. The first-order valence-electron chi connectivity index (χ1n) is 19.4. The molecule has 1 unspecified atom stereocenters. The number of rotatable bonds is 11. The molecule has 5 nitrogen and oxygen atoms in total. The first-order valence-corrected chi connectivity index (χ1v) is 19.4. The van der Waals surface area contributed by atoms with Crippen LogP contribution in [0.2, 0.25) is 0 Å². The van der Waals surface area contributed by atoms with E-state index in [0.717, 1.165) is 57.5 Å². The lowest BCUT2D eigenvalue weighted by molar-refractivity contribution is 0.592. The molecular formula is C48H58N4O. The van der Waals surface area contributed by atoms with Gasteiger partial charge in [-0.3, -0.25) is 4.57 Å². The first kappa shape index (κ1) is 37.7. The third-order valence-corrected chi connectivity index (χ3v) is 11.0. The second-order valence-electron chi connectivity index (χ2n) is 15.7. The minimum Gasteiger partial charge on any atom is -0.456 e. The van der Waals surface area contributed by atoms with E-state index < -0.39 is 0 Å². The van der Waals surface area contributed by atoms with Crippen LogP contribution in [0, 0.1) is 5.92 Å². The van der Waals surface area contributed by atoms with Crippen LogP contribution < -0.4 is 9.80 Å². The van der Waals surface area contributed by atoms with Gasteiger partial charge >= 0.3 is 0 Å². The van der Waals surface area contributed by atoms with Gasteiger partial charge in [-0.25, -0.2) is 4.98 Å². The van der Waals surface area contributed by atoms with E-state index >= 15 is 0 Å². The molecule has 2 heterocycles. The third-order valence-electron chi connectivity index (χ3n) is 11.0. The van der Waals surface area contributed by atoms with Crippen molar-refractivity contribution in [2.45, 2.75) is 78.6 Å². The molecule has 276 valence electrons. The topological polar surface area (TPSA) is 37.4 Å². The van der Waals surface area contributed by atoms with Crippen LogP contribution in [-0.2, 0) is 5.41 Å². The fourth-order valence-corrected chi connectivity index (χ4v) is 7.49. The van der Waals surface area contributed by atoms with Crippen LogP contribution in [0.1, 0.15) is 84.3 Å². The van der Waals surface area contributed by atoms with Gasteiger partial charge in [-0.2, -0.15) is 0 Å². The van der Waals surface area contributed by atoms with Gasteiger partial charge in [0.2, 0.25) is 0 Å². The van der Waals surface area contributed by atoms with E-state index in [4.69, 9.17) is 9.40 Å². The Morgan fingerprint density at radius 1 is 0.774 bits per heavy atom. The minimum atomic E-state index is 0.0931. The van der Waals surface area contributed by atoms with Crippen LogP contribution in [0.4, 0.5) is 11.4 Å². The number of aromatic nitrogens is 2. The van der Waals surface area contributed by atoms with E-state index in [1.54, 1.807) is 0 Å². The third kappa shape index (κ3) is 7.71. The van der Waals surface area contributed by atoms with Gasteiger partial charge in [0.25, 0.3) is 0 Å². The summed E-state index contributed by atoms with van der Waals surface area (Å²) >= 11 is 0. The molecule has 6 aromatic rings. The van der Waals surface area contributed by atoms with Gasteiger partial charge in [0.1, 0.15) is 17.3 Å². The zero-order valence-electron chi connectivity index (χ0n) is 33.6. The van der Waals surface area contributed by atoms with Crippen LogP contribution in [-0.4, -0.2) is 37.7 Å². The van der Waals surface area contributed by atoms with E-state index in [1.165, 1.54) is 41.5 Å². The summed E-state index contributed by atoms with van der Waals surface area (Å²) in [6.45, 7) is 13.7. The van der Waals surface area contributed by atoms with Crippen molar-refractivity contribution >= 4 is 11.4 Å². The van der Waals surface area contributed by atoms with Crippen molar-refractivity contribution in [2.75, 3.05) is 38.0 Å². The summed E-state index contributed by atoms with van der Waals surface area (Å²) in [6, 6.07) is 34.7. The molecule has 0 bridgehead atoms. The Labute approximate surface area is 318 Å². The SMILES string of the molecule is CC(C)c1cc(-c2ccccc2)oc1-c1ccc(C2(C)C[C@@H]2C)c(-c2nccn2-c2c(N(C)C)cc(-c3ccccc3)cc2N(C)C)c1.CCCCC. The molecule has 0 radical (unpaired) electrons. The van der Waals surface area contributed by atoms with Crippen LogP contribution in [0.25, 0.3) is 50.8 Å². The fraction of sp³-hybridized carbons (Fsp3) is 0.354. The molecule has 7 rings (SSSR count). The summed E-state index contributed by atoms with van der Waals surface area (Å²) in [6.07, 6.45) is 9.29. The maximum absolute atomic E-state index is 6.71. The second kappa shape index (κ2) is 15.9. The predicted molar refractivity (Wildman–Crippen MR) is 227 cm³/mol. The molecule has 5 heteroatoms. The zero-order chi connectivity index (χ0) is 37.9. The number of anilines is 2. The number of hydrogen-bond acceptors (Lipinski definition) is 4. The molecule has 0 saturated heterocycles. The number of imidazole rings is 1. The first-order chi connectivity index (χ1) is 25.5. The molecule has 1 fully saturated rings. The van der Waals surface area contributed by atoms with Crippen LogP contribution in [0.5, 0.6) is 0 Å². The highest BCUT2D eigenvalue weighted by Gasteiger charge is 2.49. The van der Waals surface area contributed by atoms with Crippen LogP contribution >= 0.6 is 0 Å². The van der Waals surface area contributed by atoms with Crippen molar-refractivity contribution in [1.29, 1.82) is 0 Å². The standard InChI is InChI=1S/C43H46N4O.C5H12/c1-28(2)34-26-39(31-17-13-10-14-18-31)48-41(34)32-19-20-36(43(4)27-29(43)3)35(23-32)42-44-21-22-47(42)40-37(45(5)6)24-33(25-38(40)46(7)8)30-15-11-9-12-16-30;1-3-5-4-2/h9-26,28-29H,27H2,1-8H3;3-5H2,1-2H3/t29-,43?;/m0./s1. The quantitative estimate of drug-likeness (QED) is 0.134. The second-order valence-corrected chi connectivity index (χ2v) is 15.7. The number of nitrogens with zero attached hydrogens (tertiary/aromatic N) is 4. The Hall–Kier alpha value is -5.03. The molecular weight excluding hydrogens is 649 g/mol. The summed E-state index contributed by atoms with van der Waals surface area (Å²) in [5, 5.41) is 0. The molecule has 1 aliphatic rings. The summed E-state index contributed by atoms with van der Waals surface area (Å²) in [7, 11) is 8.49. The normalized spacial score (nSPS) is 16.3. The Kier molecular flexibility index (Phi) is 11.3. The van der Waals surface area contributed by atoms with Crippen LogP contribution in [0.3, 0.4) is 0 Å². The molecule has 1 aliphatic carbocycles. The van der Waals surface area contributed by atoms with Crippen molar-refractivity contribution in [3.05, 3.63) is 121 Å². The largest absolute Gasteiger partial charge is 0.456 e. The van der Waals surface area contributed by atoms with Gasteiger partial charge in [-0.05, 0) is 64.6 Å².